The second-order valence-electron chi connectivity index (χ2n) is 5.09. The molecule has 0 bridgehead atoms. The third kappa shape index (κ3) is 3.48. The molecule has 1 heterocycles. The van der Waals surface area contributed by atoms with Crippen LogP contribution in [0.4, 0.5) is 18.0 Å². The van der Waals surface area contributed by atoms with E-state index in [9.17, 15) is 23.1 Å². The van der Waals surface area contributed by atoms with Crippen LogP contribution in [0.15, 0.2) is 34.5 Å². The van der Waals surface area contributed by atoms with E-state index in [1.54, 1.807) is 24.3 Å². The van der Waals surface area contributed by atoms with Gasteiger partial charge in [-0.3, -0.25) is 0 Å². The minimum Gasteiger partial charge on any atom is -0.497 e. The number of hydrogen-bond donors (Lipinski definition) is 2. The fourth-order valence-corrected chi connectivity index (χ4v) is 2.05. The number of aliphatic hydroxyl groups is 1. The molecule has 0 radical (unpaired) electrons. The Balaban J connectivity index is 2.06. The number of urea groups is 1. The Bertz CT molecular complexity index is 673. The maximum atomic E-state index is 13.0. The maximum absolute atomic E-state index is 13.0. The lowest BCUT2D eigenvalue weighted by Gasteiger charge is -2.31. The maximum Gasteiger partial charge on any atom is 0.438 e. The zero-order chi connectivity index (χ0) is 18.0. The molecule has 2 amide bonds. The first-order chi connectivity index (χ1) is 11.2. The summed E-state index contributed by atoms with van der Waals surface area (Å²) in [5.74, 6) is 0.619. The predicted molar refractivity (Wildman–Crippen MR) is 79.7 cm³/mol. The first-order valence-electron chi connectivity index (χ1n) is 6.78. The molecule has 24 heavy (non-hydrogen) atoms. The molecule has 0 saturated carbocycles. The van der Waals surface area contributed by atoms with Gasteiger partial charge in [0.1, 0.15) is 5.75 Å². The van der Waals surface area contributed by atoms with E-state index in [0.717, 1.165) is 0 Å². The van der Waals surface area contributed by atoms with Gasteiger partial charge in [-0.1, -0.05) is 0 Å². The molecule has 2 N–H and O–H groups in total. The molecule has 0 spiro atoms. The molecule has 10 heteroatoms. The lowest BCUT2D eigenvalue weighted by molar-refractivity contribution is -0.297. The lowest BCUT2D eigenvalue weighted by Crippen LogP contribution is -2.58. The number of amides is 2. The van der Waals surface area contributed by atoms with E-state index in [1.165, 1.54) is 20.2 Å². The van der Waals surface area contributed by atoms with E-state index in [1.807, 2.05) is 5.43 Å². The smallest absolute Gasteiger partial charge is 0.438 e. The molecule has 0 aromatic heterocycles. The van der Waals surface area contributed by atoms with Gasteiger partial charge in [-0.2, -0.15) is 28.4 Å². The number of alkyl halides is 3. The molecule has 1 atom stereocenters. The number of halogens is 3. The van der Waals surface area contributed by atoms with Gasteiger partial charge in [0, 0.05) is 12.1 Å². The fourth-order valence-electron chi connectivity index (χ4n) is 2.05. The fraction of sp³-hybridized carbons (Fsp3) is 0.357. The van der Waals surface area contributed by atoms with Crippen molar-refractivity contribution in [3.05, 3.63) is 29.8 Å². The van der Waals surface area contributed by atoms with E-state index in [0.29, 0.717) is 11.3 Å². The van der Waals surface area contributed by atoms with E-state index in [4.69, 9.17) is 4.74 Å². The van der Waals surface area contributed by atoms with Crippen molar-refractivity contribution >= 4 is 18.0 Å². The highest BCUT2D eigenvalue weighted by atomic mass is 19.4. The molecule has 7 nitrogen and oxygen atoms in total. The highest BCUT2D eigenvalue weighted by Gasteiger charge is 2.62. The van der Waals surface area contributed by atoms with Crippen molar-refractivity contribution in [2.75, 3.05) is 7.11 Å². The summed E-state index contributed by atoms with van der Waals surface area (Å²) < 4.78 is 44.0. The van der Waals surface area contributed by atoms with Crippen molar-refractivity contribution in [3.63, 3.8) is 0 Å². The van der Waals surface area contributed by atoms with Crippen LogP contribution in [0.1, 0.15) is 18.9 Å². The molecule has 1 aliphatic heterocycles. The number of benzene rings is 1. The second kappa shape index (κ2) is 6.48. The zero-order valence-electron chi connectivity index (χ0n) is 12.8. The van der Waals surface area contributed by atoms with Gasteiger partial charge < -0.3 is 9.84 Å². The Morgan fingerprint density at radius 2 is 2.08 bits per heavy atom. The van der Waals surface area contributed by atoms with Gasteiger partial charge in [-0.25, -0.2) is 10.2 Å². The van der Waals surface area contributed by atoms with Crippen LogP contribution in [0, 0.1) is 0 Å². The van der Waals surface area contributed by atoms with Crippen LogP contribution in [-0.4, -0.2) is 47.1 Å². The van der Waals surface area contributed by atoms with Gasteiger partial charge >= 0.3 is 12.2 Å². The van der Waals surface area contributed by atoms with Gasteiger partial charge in [0.2, 0.25) is 0 Å². The van der Waals surface area contributed by atoms with Crippen LogP contribution in [0.2, 0.25) is 0 Å². The molecular weight excluding hydrogens is 329 g/mol. The van der Waals surface area contributed by atoms with Gasteiger partial charge in [-0.05, 0) is 36.8 Å². The summed E-state index contributed by atoms with van der Waals surface area (Å²) in [6, 6.07) is 5.29. The molecule has 1 aromatic rings. The number of hydrogen-bond acceptors (Lipinski definition) is 5. The first-order valence-corrected chi connectivity index (χ1v) is 6.78. The van der Waals surface area contributed by atoms with Crippen LogP contribution < -0.4 is 10.2 Å². The van der Waals surface area contributed by atoms with Crippen LogP contribution in [0.25, 0.3) is 0 Å². The van der Waals surface area contributed by atoms with Gasteiger partial charge in [0.25, 0.3) is 5.72 Å². The number of hydrazone groups is 2. The van der Waals surface area contributed by atoms with Crippen molar-refractivity contribution in [1.29, 1.82) is 0 Å². The average molecular weight is 344 g/mol. The van der Waals surface area contributed by atoms with E-state index in [-0.39, 0.29) is 10.7 Å². The normalized spacial score (nSPS) is 21.1. The number of nitrogens with one attached hydrogen (secondary N) is 1. The highest BCUT2D eigenvalue weighted by molar-refractivity contribution is 5.89. The van der Waals surface area contributed by atoms with Crippen LogP contribution >= 0.6 is 0 Å². The molecule has 1 unspecified atom stereocenters. The first kappa shape index (κ1) is 17.7. The van der Waals surface area contributed by atoms with E-state index in [2.05, 4.69) is 10.2 Å². The molecule has 1 aliphatic rings. The molecule has 0 aliphatic carbocycles. The Hall–Kier alpha value is -2.62. The number of rotatable bonds is 3. The summed E-state index contributed by atoms with van der Waals surface area (Å²) in [6.07, 6.45) is -4.63. The summed E-state index contributed by atoms with van der Waals surface area (Å²) in [5, 5.41) is 16.7. The minimum atomic E-state index is -5.05. The molecule has 0 saturated heterocycles. The number of ether oxygens (including phenoxy) is 1. The van der Waals surface area contributed by atoms with Crippen molar-refractivity contribution in [2.24, 2.45) is 10.2 Å². The van der Waals surface area contributed by atoms with Gasteiger partial charge in [0.05, 0.1) is 13.3 Å². The molecule has 0 fully saturated rings. The standard InChI is InChI=1S/C14H15F3N4O3/c1-9-7-13(23,14(15,16)17)21(20-9)12(22)19-18-8-10-3-5-11(24-2)6-4-10/h3-6,8,23H,7H2,1-2H3,(H,19,22)/b18-8+. The van der Waals surface area contributed by atoms with Crippen molar-refractivity contribution in [1.82, 2.24) is 10.4 Å². The van der Waals surface area contributed by atoms with Crippen LogP contribution in [0.3, 0.4) is 0 Å². The summed E-state index contributed by atoms with van der Waals surface area (Å²) in [6.45, 7) is 1.28. The topological polar surface area (TPSA) is 86.5 Å². The Morgan fingerprint density at radius 1 is 1.46 bits per heavy atom. The third-order valence-corrected chi connectivity index (χ3v) is 3.26. The quantitative estimate of drug-likeness (QED) is 0.650. The minimum absolute atomic E-state index is 0.0240. The Labute approximate surface area is 135 Å². The summed E-state index contributed by atoms with van der Waals surface area (Å²) in [5.41, 5.74) is -0.908. The monoisotopic (exact) mass is 344 g/mol. The number of carbonyl (C=O) groups excluding carboxylic acids is 1. The average Bonchev–Trinajstić information content (AvgIpc) is 2.84. The number of methoxy groups -OCH3 is 1. The largest absolute Gasteiger partial charge is 0.497 e. The van der Waals surface area contributed by atoms with Crippen LogP contribution in [-0.2, 0) is 0 Å². The summed E-state index contributed by atoms with van der Waals surface area (Å²) in [7, 11) is 1.50. The van der Waals surface area contributed by atoms with Crippen molar-refractivity contribution < 1.29 is 27.8 Å². The molecule has 2 rings (SSSR count). The van der Waals surface area contributed by atoms with E-state index < -0.39 is 24.4 Å². The van der Waals surface area contributed by atoms with Gasteiger partial charge in [0.15, 0.2) is 0 Å². The SMILES string of the molecule is COc1ccc(/C=N/NC(=O)N2N=C(C)CC2(O)C(F)(F)F)cc1. The van der Waals surface area contributed by atoms with E-state index >= 15 is 0 Å². The molecule has 130 valence electrons. The number of nitrogens with zero attached hydrogens (tertiary/aromatic N) is 3. The van der Waals surface area contributed by atoms with Crippen molar-refractivity contribution in [2.45, 2.75) is 25.2 Å². The van der Waals surface area contributed by atoms with Crippen LogP contribution in [0.5, 0.6) is 5.75 Å². The molecular formula is C14H15F3N4O3. The lowest BCUT2D eigenvalue weighted by atomic mass is 10.1. The third-order valence-electron chi connectivity index (χ3n) is 3.26. The Morgan fingerprint density at radius 3 is 2.62 bits per heavy atom. The second-order valence-corrected chi connectivity index (χ2v) is 5.09. The number of carbonyl (C=O) groups is 1. The molecule has 1 aromatic carbocycles. The zero-order valence-corrected chi connectivity index (χ0v) is 12.8. The highest BCUT2D eigenvalue weighted by Crippen LogP contribution is 2.40. The summed E-state index contributed by atoms with van der Waals surface area (Å²) >= 11 is 0. The predicted octanol–water partition coefficient (Wildman–Crippen LogP) is 2.07. The summed E-state index contributed by atoms with van der Waals surface area (Å²) in [4.78, 5) is 11.9. The van der Waals surface area contributed by atoms with Crippen molar-refractivity contribution in [3.8, 4) is 5.75 Å². The van der Waals surface area contributed by atoms with Gasteiger partial charge in [-0.15, -0.1) is 0 Å². The Kier molecular flexibility index (Phi) is 4.78.